The summed E-state index contributed by atoms with van der Waals surface area (Å²) in [6.07, 6.45) is 7.24. The van der Waals surface area contributed by atoms with Crippen LogP contribution in [-0.4, -0.2) is 61.4 Å². The second kappa shape index (κ2) is 8.20. The molecule has 2 fully saturated rings. The molecule has 0 N–H and O–H groups in total. The largest absolute Gasteiger partial charge is 0.493 e. The van der Waals surface area contributed by atoms with Crippen molar-refractivity contribution in [3.63, 3.8) is 0 Å². The maximum Gasteiger partial charge on any atom is 0.227 e. The number of benzene rings is 1. The molecular formula is C21H28N4O3. The summed E-state index contributed by atoms with van der Waals surface area (Å²) in [5.41, 5.74) is 1.77. The third-order valence-electron chi connectivity index (χ3n) is 5.90. The third-order valence-corrected chi connectivity index (χ3v) is 5.90. The summed E-state index contributed by atoms with van der Waals surface area (Å²) in [6.45, 7) is 3.46. The molecule has 150 valence electrons. The fraction of sp³-hybridized carbons (Fsp3) is 0.571. The van der Waals surface area contributed by atoms with Crippen LogP contribution in [-0.2, 0) is 4.79 Å². The van der Waals surface area contributed by atoms with Gasteiger partial charge in [0.2, 0.25) is 5.91 Å². The fourth-order valence-corrected chi connectivity index (χ4v) is 4.39. The van der Waals surface area contributed by atoms with E-state index in [1.165, 1.54) is 6.42 Å². The summed E-state index contributed by atoms with van der Waals surface area (Å²) in [6, 6.07) is 3.80. The standard InChI is InChI=1S/C21H28N4O3/c1-27-19-11-16-17(12-20(19)28-2)23-22-13-18(16)25-10-6-7-15(14-25)21(26)24-8-4-3-5-9-24/h11-13,15H,3-10,14H2,1-2H3. The molecule has 2 aromatic rings. The van der Waals surface area contributed by atoms with Gasteiger partial charge in [-0.05, 0) is 38.2 Å². The van der Waals surface area contributed by atoms with Crippen LogP contribution in [0.5, 0.6) is 11.5 Å². The first-order valence-electron chi connectivity index (χ1n) is 10.1. The number of amides is 1. The van der Waals surface area contributed by atoms with Gasteiger partial charge >= 0.3 is 0 Å². The molecule has 3 heterocycles. The lowest BCUT2D eigenvalue weighted by Gasteiger charge is -2.37. The van der Waals surface area contributed by atoms with Crippen molar-refractivity contribution in [2.24, 2.45) is 5.92 Å². The van der Waals surface area contributed by atoms with Crippen LogP contribution in [0.15, 0.2) is 18.3 Å². The quantitative estimate of drug-likeness (QED) is 0.807. The number of rotatable bonds is 4. The number of aromatic nitrogens is 2. The van der Waals surface area contributed by atoms with Gasteiger partial charge in [0.15, 0.2) is 11.5 Å². The number of carbonyl (C=O) groups excluding carboxylic acids is 1. The molecule has 7 heteroatoms. The van der Waals surface area contributed by atoms with Crippen LogP contribution in [0, 0.1) is 5.92 Å². The Kier molecular flexibility index (Phi) is 5.50. The Morgan fingerprint density at radius 1 is 1.04 bits per heavy atom. The highest BCUT2D eigenvalue weighted by Gasteiger charge is 2.30. The molecule has 1 amide bonds. The number of hydrogen-bond donors (Lipinski definition) is 0. The van der Waals surface area contributed by atoms with Gasteiger partial charge in [-0.25, -0.2) is 0 Å². The normalized spacial score (nSPS) is 20.3. The Morgan fingerprint density at radius 3 is 2.54 bits per heavy atom. The van der Waals surface area contributed by atoms with Crippen molar-refractivity contribution in [1.82, 2.24) is 15.1 Å². The molecule has 2 saturated heterocycles. The molecule has 1 aromatic carbocycles. The van der Waals surface area contributed by atoms with Crippen LogP contribution < -0.4 is 14.4 Å². The Morgan fingerprint density at radius 2 is 1.79 bits per heavy atom. The van der Waals surface area contributed by atoms with Crippen molar-refractivity contribution in [3.05, 3.63) is 18.3 Å². The van der Waals surface area contributed by atoms with E-state index in [0.29, 0.717) is 17.4 Å². The van der Waals surface area contributed by atoms with E-state index in [0.717, 1.165) is 68.5 Å². The number of piperidine rings is 2. The minimum Gasteiger partial charge on any atom is -0.493 e. The van der Waals surface area contributed by atoms with Gasteiger partial charge in [-0.3, -0.25) is 4.79 Å². The number of methoxy groups -OCH3 is 2. The second-order valence-corrected chi connectivity index (χ2v) is 7.63. The van der Waals surface area contributed by atoms with Gasteiger partial charge in [-0.1, -0.05) is 0 Å². The van der Waals surface area contributed by atoms with Crippen molar-refractivity contribution in [1.29, 1.82) is 0 Å². The summed E-state index contributed by atoms with van der Waals surface area (Å²) >= 11 is 0. The van der Waals surface area contributed by atoms with E-state index >= 15 is 0 Å². The minimum atomic E-state index is 0.0511. The van der Waals surface area contributed by atoms with Crippen molar-refractivity contribution in [3.8, 4) is 11.5 Å². The van der Waals surface area contributed by atoms with Gasteiger partial charge in [0.1, 0.15) is 0 Å². The molecule has 1 atom stereocenters. The topological polar surface area (TPSA) is 67.8 Å². The molecule has 0 aliphatic carbocycles. The van der Waals surface area contributed by atoms with Crippen LogP contribution >= 0.6 is 0 Å². The highest BCUT2D eigenvalue weighted by molar-refractivity contribution is 5.93. The molecule has 0 bridgehead atoms. The summed E-state index contributed by atoms with van der Waals surface area (Å²) in [5, 5.41) is 9.43. The zero-order chi connectivity index (χ0) is 19.5. The average molecular weight is 384 g/mol. The second-order valence-electron chi connectivity index (χ2n) is 7.63. The first-order valence-corrected chi connectivity index (χ1v) is 10.1. The molecule has 1 aromatic heterocycles. The van der Waals surface area contributed by atoms with Gasteiger partial charge in [0.25, 0.3) is 0 Å². The molecule has 0 spiro atoms. The van der Waals surface area contributed by atoms with E-state index in [-0.39, 0.29) is 5.92 Å². The highest BCUT2D eigenvalue weighted by Crippen LogP contribution is 2.36. The van der Waals surface area contributed by atoms with E-state index in [1.807, 2.05) is 12.1 Å². The summed E-state index contributed by atoms with van der Waals surface area (Å²) in [7, 11) is 3.24. The van der Waals surface area contributed by atoms with Crippen molar-refractivity contribution >= 4 is 22.5 Å². The van der Waals surface area contributed by atoms with Gasteiger partial charge in [0.05, 0.1) is 37.5 Å². The minimum absolute atomic E-state index is 0.0511. The number of anilines is 1. The maximum absolute atomic E-state index is 13.0. The van der Waals surface area contributed by atoms with E-state index in [1.54, 1.807) is 20.4 Å². The van der Waals surface area contributed by atoms with Gasteiger partial charge in [-0.15, -0.1) is 0 Å². The smallest absolute Gasteiger partial charge is 0.227 e. The van der Waals surface area contributed by atoms with E-state index in [2.05, 4.69) is 20.0 Å². The third kappa shape index (κ3) is 3.57. The van der Waals surface area contributed by atoms with Crippen molar-refractivity contribution in [2.75, 3.05) is 45.3 Å². The lowest BCUT2D eigenvalue weighted by Crippen LogP contribution is -2.46. The number of likely N-dealkylation sites (tertiary alicyclic amines) is 1. The monoisotopic (exact) mass is 384 g/mol. The number of nitrogens with zero attached hydrogens (tertiary/aromatic N) is 4. The molecule has 2 aliphatic heterocycles. The average Bonchev–Trinajstić information content (AvgIpc) is 2.77. The summed E-state index contributed by atoms with van der Waals surface area (Å²) in [4.78, 5) is 17.4. The Hall–Kier alpha value is -2.57. The number of fused-ring (bicyclic) bond motifs is 1. The van der Waals surface area contributed by atoms with Gasteiger partial charge in [0, 0.05) is 37.6 Å². The predicted octanol–water partition coefficient (Wildman–Crippen LogP) is 2.88. The molecule has 28 heavy (non-hydrogen) atoms. The Balaban J connectivity index is 1.61. The van der Waals surface area contributed by atoms with Crippen LogP contribution in [0.25, 0.3) is 10.9 Å². The molecule has 1 unspecified atom stereocenters. The van der Waals surface area contributed by atoms with Gasteiger partial charge in [-0.2, -0.15) is 10.2 Å². The number of hydrogen-bond acceptors (Lipinski definition) is 6. The molecule has 2 aliphatic rings. The molecule has 0 saturated carbocycles. The summed E-state index contributed by atoms with van der Waals surface area (Å²) < 4.78 is 10.9. The molecule has 7 nitrogen and oxygen atoms in total. The molecule has 0 radical (unpaired) electrons. The highest BCUT2D eigenvalue weighted by atomic mass is 16.5. The van der Waals surface area contributed by atoms with Crippen LogP contribution in [0.4, 0.5) is 5.69 Å². The van der Waals surface area contributed by atoms with Crippen LogP contribution in [0.2, 0.25) is 0 Å². The molecule has 4 rings (SSSR count). The lowest BCUT2D eigenvalue weighted by atomic mass is 9.95. The number of carbonyl (C=O) groups is 1. The van der Waals surface area contributed by atoms with Crippen molar-refractivity contribution < 1.29 is 14.3 Å². The van der Waals surface area contributed by atoms with E-state index in [4.69, 9.17) is 9.47 Å². The van der Waals surface area contributed by atoms with Crippen LogP contribution in [0.1, 0.15) is 32.1 Å². The van der Waals surface area contributed by atoms with E-state index < -0.39 is 0 Å². The SMILES string of the molecule is COc1cc2nncc(N3CCCC(C(=O)N4CCCCC4)C3)c2cc1OC. The Labute approximate surface area is 165 Å². The van der Waals surface area contributed by atoms with Crippen LogP contribution in [0.3, 0.4) is 0 Å². The Bertz CT molecular complexity index is 851. The fourth-order valence-electron chi connectivity index (χ4n) is 4.39. The molecular weight excluding hydrogens is 356 g/mol. The maximum atomic E-state index is 13.0. The summed E-state index contributed by atoms with van der Waals surface area (Å²) in [5.74, 6) is 1.67. The first kappa shape index (κ1) is 18.8. The zero-order valence-corrected chi connectivity index (χ0v) is 16.7. The zero-order valence-electron chi connectivity index (χ0n) is 16.7. The predicted molar refractivity (Wildman–Crippen MR) is 108 cm³/mol. The van der Waals surface area contributed by atoms with E-state index in [9.17, 15) is 4.79 Å². The first-order chi connectivity index (χ1) is 13.7. The van der Waals surface area contributed by atoms with Crippen molar-refractivity contribution in [2.45, 2.75) is 32.1 Å². The van der Waals surface area contributed by atoms with Gasteiger partial charge < -0.3 is 19.3 Å². The lowest BCUT2D eigenvalue weighted by molar-refractivity contribution is -0.136. The number of ether oxygens (including phenoxy) is 2.